The molecule has 27 heavy (non-hydrogen) atoms. The minimum atomic E-state index is -0.373. The highest BCUT2D eigenvalue weighted by atomic mass is 16.5. The highest BCUT2D eigenvalue weighted by Crippen LogP contribution is 2.20. The van der Waals surface area contributed by atoms with E-state index in [1.54, 1.807) is 44.4 Å². The summed E-state index contributed by atoms with van der Waals surface area (Å²) in [5, 5.41) is 9.93. The molecule has 7 nitrogen and oxygen atoms in total. The summed E-state index contributed by atoms with van der Waals surface area (Å²) in [6, 6.07) is 17.8. The van der Waals surface area contributed by atoms with E-state index in [0.29, 0.717) is 23.7 Å². The molecular weight excluding hydrogens is 344 g/mol. The first-order valence-electron chi connectivity index (χ1n) is 8.51. The van der Waals surface area contributed by atoms with E-state index in [4.69, 9.17) is 4.74 Å². The number of para-hydroxylation sites is 1. The van der Waals surface area contributed by atoms with Gasteiger partial charge in [-0.05, 0) is 36.4 Å². The van der Waals surface area contributed by atoms with E-state index in [1.165, 1.54) is 4.68 Å². The number of carbonyl (C=O) groups is 2. The van der Waals surface area contributed by atoms with E-state index in [-0.39, 0.29) is 17.5 Å². The van der Waals surface area contributed by atoms with Crippen LogP contribution in [-0.2, 0) is 4.79 Å². The van der Waals surface area contributed by atoms with Gasteiger partial charge in [0.25, 0.3) is 5.91 Å². The van der Waals surface area contributed by atoms with Crippen molar-refractivity contribution in [3.8, 4) is 11.4 Å². The Bertz CT molecular complexity index is 934. The van der Waals surface area contributed by atoms with E-state index in [1.807, 2.05) is 30.3 Å². The van der Waals surface area contributed by atoms with Gasteiger partial charge in [0, 0.05) is 18.2 Å². The van der Waals surface area contributed by atoms with Gasteiger partial charge in [-0.2, -0.15) is 5.10 Å². The molecule has 0 bridgehead atoms. The summed E-state index contributed by atoms with van der Waals surface area (Å²) in [5.74, 6) is 0.606. The third kappa shape index (κ3) is 4.33. The number of methoxy groups -OCH3 is 1. The van der Waals surface area contributed by atoms with Gasteiger partial charge in [0.15, 0.2) is 5.69 Å². The highest BCUT2D eigenvalue weighted by molar-refractivity contribution is 6.04. The number of ether oxygens (including phenoxy) is 1. The standard InChI is InChI=1S/C20H20N4O3/c1-3-19(25)22-18-13-17(23-24(18)15-7-5-4-6-8-15)20(26)21-14-9-11-16(27-2)12-10-14/h4-13H,3H2,1-2H3,(H,21,26)(H,22,25). The molecule has 0 aliphatic heterocycles. The van der Waals surface area contributed by atoms with E-state index in [9.17, 15) is 9.59 Å². The van der Waals surface area contributed by atoms with Gasteiger partial charge < -0.3 is 15.4 Å². The van der Waals surface area contributed by atoms with Crippen molar-refractivity contribution in [2.75, 3.05) is 17.7 Å². The average Bonchev–Trinajstić information content (AvgIpc) is 3.13. The predicted molar refractivity (Wildman–Crippen MR) is 103 cm³/mol. The van der Waals surface area contributed by atoms with Crippen molar-refractivity contribution in [3.63, 3.8) is 0 Å². The largest absolute Gasteiger partial charge is 0.497 e. The van der Waals surface area contributed by atoms with Crippen molar-refractivity contribution < 1.29 is 14.3 Å². The van der Waals surface area contributed by atoms with Crippen LogP contribution >= 0.6 is 0 Å². The van der Waals surface area contributed by atoms with E-state index >= 15 is 0 Å². The molecule has 0 spiro atoms. The number of aromatic nitrogens is 2. The molecule has 0 aliphatic carbocycles. The molecule has 0 fully saturated rings. The Labute approximate surface area is 157 Å². The molecule has 1 heterocycles. The Morgan fingerprint density at radius 3 is 2.37 bits per heavy atom. The monoisotopic (exact) mass is 364 g/mol. The van der Waals surface area contributed by atoms with Gasteiger partial charge in [-0.25, -0.2) is 4.68 Å². The average molecular weight is 364 g/mol. The van der Waals surface area contributed by atoms with E-state index in [2.05, 4.69) is 15.7 Å². The number of hydrogen-bond acceptors (Lipinski definition) is 4. The zero-order valence-electron chi connectivity index (χ0n) is 15.1. The summed E-state index contributed by atoms with van der Waals surface area (Å²) in [6.07, 6.45) is 0.327. The summed E-state index contributed by atoms with van der Waals surface area (Å²) < 4.78 is 6.64. The second-order valence-corrected chi connectivity index (χ2v) is 5.75. The minimum absolute atomic E-state index is 0.158. The quantitative estimate of drug-likeness (QED) is 0.701. The van der Waals surface area contributed by atoms with Crippen LogP contribution in [0.3, 0.4) is 0 Å². The van der Waals surface area contributed by atoms with Gasteiger partial charge in [-0.1, -0.05) is 25.1 Å². The second-order valence-electron chi connectivity index (χ2n) is 5.75. The van der Waals surface area contributed by atoms with Crippen LogP contribution in [0.5, 0.6) is 5.75 Å². The van der Waals surface area contributed by atoms with Gasteiger partial charge in [0.1, 0.15) is 11.6 Å². The summed E-state index contributed by atoms with van der Waals surface area (Å²) in [6.45, 7) is 1.76. The van der Waals surface area contributed by atoms with E-state index < -0.39 is 0 Å². The first kappa shape index (κ1) is 18.2. The molecule has 0 saturated heterocycles. The number of nitrogens with one attached hydrogen (secondary N) is 2. The molecule has 2 aromatic carbocycles. The number of anilines is 2. The third-order valence-electron chi connectivity index (χ3n) is 3.88. The Kier molecular flexibility index (Phi) is 5.51. The Balaban J connectivity index is 1.88. The molecule has 3 aromatic rings. The third-order valence-corrected chi connectivity index (χ3v) is 3.88. The number of nitrogens with zero attached hydrogens (tertiary/aromatic N) is 2. The SMILES string of the molecule is CCC(=O)Nc1cc(C(=O)Nc2ccc(OC)cc2)nn1-c1ccccc1. The molecule has 0 saturated carbocycles. The Hall–Kier alpha value is -3.61. The van der Waals surface area contributed by atoms with Crippen LogP contribution in [0.2, 0.25) is 0 Å². The molecule has 0 unspecified atom stereocenters. The van der Waals surface area contributed by atoms with Crippen molar-refractivity contribution in [1.29, 1.82) is 0 Å². The number of benzene rings is 2. The zero-order chi connectivity index (χ0) is 19.2. The van der Waals surface area contributed by atoms with Gasteiger partial charge in [-0.15, -0.1) is 0 Å². The lowest BCUT2D eigenvalue weighted by Crippen LogP contribution is -2.14. The van der Waals surface area contributed by atoms with Gasteiger partial charge in [-0.3, -0.25) is 9.59 Å². The Morgan fingerprint density at radius 1 is 1.04 bits per heavy atom. The molecule has 138 valence electrons. The fourth-order valence-electron chi connectivity index (χ4n) is 2.45. The molecular formula is C20H20N4O3. The molecule has 0 radical (unpaired) electrons. The minimum Gasteiger partial charge on any atom is -0.497 e. The lowest BCUT2D eigenvalue weighted by molar-refractivity contribution is -0.115. The number of hydrogen-bond donors (Lipinski definition) is 2. The molecule has 0 aliphatic rings. The lowest BCUT2D eigenvalue weighted by Gasteiger charge is -2.07. The van der Waals surface area contributed by atoms with Crippen molar-refractivity contribution in [2.24, 2.45) is 0 Å². The van der Waals surface area contributed by atoms with Crippen LogP contribution in [0.4, 0.5) is 11.5 Å². The van der Waals surface area contributed by atoms with Crippen LogP contribution in [0.1, 0.15) is 23.8 Å². The van der Waals surface area contributed by atoms with Gasteiger partial charge >= 0.3 is 0 Å². The maximum Gasteiger partial charge on any atom is 0.276 e. The summed E-state index contributed by atoms with van der Waals surface area (Å²) in [7, 11) is 1.58. The van der Waals surface area contributed by atoms with Crippen molar-refractivity contribution >= 4 is 23.3 Å². The maximum absolute atomic E-state index is 12.6. The number of carbonyl (C=O) groups excluding carboxylic acids is 2. The summed E-state index contributed by atoms with van der Waals surface area (Å²) in [4.78, 5) is 24.4. The maximum atomic E-state index is 12.6. The summed E-state index contributed by atoms with van der Waals surface area (Å²) in [5.41, 5.74) is 1.56. The molecule has 2 amide bonds. The second kappa shape index (κ2) is 8.18. The zero-order valence-corrected chi connectivity index (χ0v) is 15.1. The Morgan fingerprint density at radius 2 is 1.74 bits per heavy atom. The smallest absolute Gasteiger partial charge is 0.276 e. The summed E-state index contributed by atoms with van der Waals surface area (Å²) >= 11 is 0. The molecule has 7 heteroatoms. The van der Waals surface area contributed by atoms with Crippen LogP contribution < -0.4 is 15.4 Å². The lowest BCUT2D eigenvalue weighted by atomic mass is 10.3. The number of rotatable bonds is 6. The van der Waals surface area contributed by atoms with Crippen LogP contribution in [-0.4, -0.2) is 28.7 Å². The van der Waals surface area contributed by atoms with Crippen molar-refractivity contribution in [1.82, 2.24) is 9.78 Å². The van der Waals surface area contributed by atoms with Gasteiger partial charge in [0.2, 0.25) is 5.91 Å². The fraction of sp³-hybridized carbons (Fsp3) is 0.150. The highest BCUT2D eigenvalue weighted by Gasteiger charge is 2.17. The molecule has 2 N–H and O–H groups in total. The topological polar surface area (TPSA) is 85.2 Å². The molecule has 0 atom stereocenters. The van der Waals surface area contributed by atoms with Crippen LogP contribution in [0.25, 0.3) is 5.69 Å². The van der Waals surface area contributed by atoms with Crippen LogP contribution in [0, 0.1) is 0 Å². The first-order chi connectivity index (χ1) is 13.1. The number of amides is 2. The predicted octanol–water partition coefficient (Wildman–Crippen LogP) is 3.48. The van der Waals surface area contributed by atoms with Gasteiger partial charge in [0.05, 0.1) is 12.8 Å². The van der Waals surface area contributed by atoms with E-state index in [0.717, 1.165) is 5.69 Å². The fourth-order valence-corrected chi connectivity index (χ4v) is 2.45. The van der Waals surface area contributed by atoms with Crippen molar-refractivity contribution in [3.05, 3.63) is 66.4 Å². The molecule has 1 aromatic heterocycles. The molecule has 3 rings (SSSR count). The first-order valence-corrected chi connectivity index (χ1v) is 8.51. The van der Waals surface area contributed by atoms with Crippen LogP contribution in [0.15, 0.2) is 60.7 Å². The normalized spacial score (nSPS) is 10.3. The van der Waals surface area contributed by atoms with Crippen molar-refractivity contribution in [2.45, 2.75) is 13.3 Å².